The van der Waals surface area contributed by atoms with Gasteiger partial charge in [0.1, 0.15) is 23.9 Å². The van der Waals surface area contributed by atoms with Crippen molar-refractivity contribution in [1.29, 1.82) is 0 Å². The number of para-hydroxylation sites is 1. The number of carbonyl (C=O) groups is 1. The minimum absolute atomic E-state index is 0. The molecule has 0 amide bonds. The minimum Gasteiger partial charge on any atom is -0.550 e. The Labute approximate surface area is 254 Å². The molecule has 0 spiro atoms. The molecule has 0 fully saturated rings. The van der Waals surface area contributed by atoms with Crippen molar-refractivity contribution in [3.05, 3.63) is 95.1 Å². The van der Waals surface area contributed by atoms with Gasteiger partial charge >= 0.3 is 35.7 Å². The number of rotatable bonds is 9. The molecule has 0 saturated heterocycles. The van der Waals surface area contributed by atoms with Gasteiger partial charge in [0, 0.05) is 19.4 Å². The minimum atomic E-state index is -4.58. The SMILES string of the molecule is CN=C(COc1ccccc1C(F)(F)F)/C(CC(=O)[O-])=C(\C)c1ccc(OC)cc1.COc1ccc(C)cc1.[Na+]. The average molecular weight is 566 g/mol. The number of ether oxygens (including phenoxy) is 3. The molecule has 0 aliphatic heterocycles. The van der Waals surface area contributed by atoms with E-state index < -0.39 is 24.1 Å². The van der Waals surface area contributed by atoms with Gasteiger partial charge in [-0.3, -0.25) is 4.99 Å². The fraction of sp³-hybridized carbons (Fsp3) is 0.267. The van der Waals surface area contributed by atoms with E-state index in [4.69, 9.17) is 14.2 Å². The van der Waals surface area contributed by atoms with Crippen LogP contribution in [0.3, 0.4) is 0 Å². The van der Waals surface area contributed by atoms with Crippen molar-refractivity contribution >= 4 is 17.3 Å². The second-order valence-electron chi connectivity index (χ2n) is 8.35. The van der Waals surface area contributed by atoms with Gasteiger partial charge < -0.3 is 24.1 Å². The summed E-state index contributed by atoms with van der Waals surface area (Å²) in [5.41, 5.74) is 2.17. The van der Waals surface area contributed by atoms with E-state index in [0.717, 1.165) is 11.8 Å². The summed E-state index contributed by atoms with van der Waals surface area (Å²) in [5, 5.41) is 11.3. The van der Waals surface area contributed by atoms with Crippen LogP contribution in [0.2, 0.25) is 0 Å². The molecule has 0 unspecified atom stereocenters. The molecule has 6 nitrogen and oxygen atoms in total. The van der Waals surface area contributed by atoms with E-state index in [0.29, 0.717) is 22.5 Å². The first kappa shape index (κ1) is 34.8. The van der Waals surface area contributed by atoms with Gasteiger partial charge in [-0.15, -0.1) is 0 Å². The molecule has 0 aromatic heterocycles. The van der Waals surface area contributed by atoms with Gasteiger partial charge in [0.25, 0.3) is 0 Å². The molecule has 0 N–H and O–H groups in total. The number of carbonyl (C=O) groups excluding carboxylic acids is 1. The number of alkyl halides is 3. The summed E-state index contributed by atoms with van der Waals surface area (Å²) < 4.78 is 55.0. The number of carboxylic acid groups (broad SMARTS) is 1. The predicted molar refractivity (Wildman–Crippen MR) is 143 cm³/mol. The second kappa shape index (κ2) is 16.7. The van der Waals surface area contributed by atoms with Crippen molar-refractivity contribution in [2.24, 2.45) is 4.99 Å². The predicted octanol–water partition coefficient (Wildman–Crippen LogP) is 2.78. The molecule has 3 aromatic rings. The van der Waals surface area contributed by atoms with E-state index in [-0.39, 0.29) is 47.6 Å². The number of hydrogen-bond acceptors (Lipinski definition) is 6. The summed E-state index contributed by atoms with van der Waals surface area (Å²) in [7, 11) is 4.62. The number of carboxylic acids is 1. The molecule has 10 heteroatoms. The topological polar surface area (TPSA) is 80.2 Å². The van der Waals surface area contributed by atoms with Gasteiger partial charge in [0.2, 0.25) is 0 Å². The van der Waals surface area contributed by atoms with Crippen molar-refractivity contribution in [3.63, 3.8) is 0 Å². The molecule has 0 aliphatic rings. The van der Waals surface area contributed by atoms with E-state index in [1.165, 1.54) is 37.9 Å². The average Bonchev–Trinajstić information content (AvgIpc) is 2.92. The van der Waals surface area contributed by atoms with Gasteiger partial charge in [-0.25, -0.2) is 0 Å². The van der Waals surface area contributed by atoms with E-state index in [2.05, 4.69) is 11.9 Å². The van der Waals surface area contributed by atoms with Gasteiger partial charge in [-0.05, 0) is 67.0 Å². The van der Waals surface area contributed by atoms with Crippen molar-refractivity contribution in [2.75, 3.05) is 27.9 Å². The standard InChI is InChI=1S/C22H22F3NO4.C8H10O.Na/c1-14(15-8-10-16(29-3)11-9-15)17(12-21(27)28)19(26-2)13-30-20-7-5-4-6-18(20)22(23,24)25;1-7-3-5-8(9-2)6-4-7;/h4-11H,12-13H2,1-3H3,(H,27,28);3-6H,1-2H3;/q;;+1/p-1/b17-14+,26-19?;;. The first-order valence-corrected chi connectivity index (χ1v) is 11.9. The molecule has 3 aromatic carbocycles. The Morgan fingerprint density at radius 3 is 1.90 bits per heavy atom. The van der Waals surface area contributed by atoms with Crippen LogP contribution in [0.1, 0.15) is 30.0 Å². The molecule has 40 heavy (non-hydrogen) atoms. The third kappa shape index (κ3) is 10.7. The zero-order valence-electron chi connectivity index (χ0n) is 23.5. The normalized spacial score (nSPS) is 11.8. The summed E-state index contributed by atoms with van der Waals surface area (Å²) in [6.45, 7) is 3.42. The fourth-order valence-electron chi connectivity index (χ4n) is 3.54. The molecule has 0 bridgehead atoms. The molecule has 0 atom stereocenters. The van der Waals surface area contributed by atoms with Crippen molar-refractivity contribution in [3.8, 4) is 17.2 Å². The maximum Gasteiger partial charge on any atom is 1.00 e. The first-order valence-electron chi connectivity index (χ1n) is 11.9. The van der Waals surface area contributed by atoms with Crippen molar-refractivity contribution in [2.45, 2.75) is 26.4 Å². The quantitative estimate of drug-likeness (QED) is 0.295. The summed E-state index contributed by atoms with van der Waals surface area (Å²) in [5.74, 6) is -0.152. The molecular formula is C30H31F3NNaO5. The Balaban J connectivity index is 0.000000678. The molecule has 0 saturated carbocycles. The van der Waals surface area contributed by atoms with Crippen LogP contribution in [-0.2, 0) is 11.0 Å². The summed E-state index contributed by atoms with van der Waals surface area (Å²) in [6, 6.07) is 19.7. The van der Waals surface area contributed by atoms with E-state index >= 15 is 0 Å². The zero-order chi connectivity index (χ0) is 29.0. The number of nitrogens with zero attached hydrogens (tertiary/aromatic N) is 1. The van der Waals surface area contributed by atoms with Crippen LogP contribution < -0.4 is 48.9 Å². The van der Waals surface area contributed by atoms with Crippen LogP contribution in [0.5, 0.6) is 17.2 Å². The number of allylic oxidation sites excluding steroid dienone is 1. The molecule has 3 rings (SSSR count). The summed E-state index contributed by atoms with van der Waals surface area (Å²) in [4.78, 5) is 15.4. The Morgan fingerprint density at radius 1 is 0.900 bits per heavy atom. The number of benzene rings is 3. The Morgan fingerprint density at radius 2 is 1.43 bits per heavy atom. The molecular weight excluding hydrogens is 534 g/mol. The van der Waals surface area contributed by atoms with E-state index in [1.807, 2.05) is 24.3 Å². The Hall–Kier alpha value is -3.27. The second-order valence-corrected chi connectivity index (χ2v) is 8.35. The monoisotopic (exact) mass is 565 g/mol. The third-order valence-corrected chi connectivity index (χ3v) is 5.73. The number of hydrogen-bond donors (Lipinski definition) is 0. The smallest absolute Gasteiger partial charge is 0.550 e. The van der Waals surface area contributed by atoms with Gasteiger partial charge in [-0.1, -0.05) is 42.0 Å². The van der Waals surface area contributed by atoms with Crippen LogP contribution in [0.25, 0.3) is 5.57 Å². The number of aliphatic carboxylic acids is 1. The number of halogens is 3. The maximum atomic E-state index is 13.2. The Kier molecular flexibility index (Phi) is 14.6. The van der Waals surface area contributed by atoms with Crippen LogP contribution in [0, 0.1) is 6.92 Å². The molecule has 0 heterocycles. The van der Waals surface area contributed by atoms with Crippen LogP contribution in [-0.4, -0.2) is 39.6 Å². The molecule has 0 radical (unpaired) electrons. The number of methoxy groups -OCH3 is 2. The first-order chi connectivity index (χ1) is 18.5. The van der Waals surface area contributed by atoms with Crippen LogP contribution in [0.15, 0.2) is 83.4 Å². The zero-order valence-corrected chi connectivity index (χ0v) is 25.5. The van der Waals surface area contributed by atoms with Crippen LogP contribution in [0.4, 0.5) is 13.2 Å². The van der Waals surface area contributed by atoms with Crippen molar-refractivity contribution < 1.29 is 66.8 Å². The van der Waals surface area contributed by atoms with E-state index in [1.54, 1.807) is 38.3 Å². The van der Waals surface area contributed by atoms with Gasteiger partial charge in [-0.2, -0.15) is 13.2 Å². The Bertz CT molecular complexity index is 1290. The van der Waals surface area contributed by atoms with Crippen molar-refractivity contribution in [1.82, 2.24) is 0 Å². The number of aryl methyl sites for hydroxylation is 1. The maximum absolute atomic E-state index is 13.2. The summed E-state index contributed by atoms with van der Waals surface area (Å²) >= 11 is 0. The summed E-state index contributed by atoms with van der Waals surface area (Å²) in [6.07, 6.45) is -5.04. The van der Waals surface area contributed by atoms with Gasteiger partial charge in [0.15, 0.2) is 0 Å². The number of aliphatic imine (C=N–C) groups is 1. The third-order valence-electron chi connectivity index (χ3n) is 5.73. The molecule has 0 aliphatic carbocycles. The van der Waals surface area contributed by atoms with Gasteiger partial charge in [0.05, 0.1) is 25.5 Å². The largest absolute Gasteiger partial charge is 1.00 e. The van der Waals surface area contributed by atoms with E-state index in [9.17, 15) is 23.1 Å². The van der Waals surface area contributed by atoms with Crippen LogP contribution >= 0.6 is 0 Å². The molecule has 208 valence electrons. The fourth-order valence-corrected chi connectivity index (χ4v) is 3.54.